The number of hydrogen-bond donors (Lipinski definition) is 3. The van der Waals surface area contributed by atoms with Crippen molar-refractivity contribution in [2.24, 2.45) is 22.6 Å². The molecular formula is C28H36F6N4O6. The first kappa shape index (κ1) is 34.9. The maximum atomic E-state index is 13.5. The van der Waals surface area contributed by atoms with Gasteiger partial charge in [-0.1, -0.05) is 32.0 Å². The summed E-state index contributed by atoms with van der Waals surface area (Å²) in [6.07, 6.45) is -9.47. The summed E-state index contributed by atoms with van der Waals surface area (Å²) in [6.45, 7) is 4.31. The number of nitrogens with one attached hydrogen (secondary N) is 1. The predicted octanol–water partition coefficient (Wildman–Crippen LogP) is 4.34. The number of alkyl halides is 6. The third-order valence-corrected chi connectivity index (χ3v) is 8.22. The Morgan fingerprint density at radius 1 is 1.18 bits per heavy atom. The second-order valence-corrected chi connectivity index (χ2v) is 11.0. The van der Waals surface area contributed by atoms with Crippen molar-refractivity contribution in [2.75, 3.05) is 13.7 Å². The number of carbonyl (C=O) groups excluding carboxylic acids is 2. The highest BCUT2D eigenvalue weighted by Gasteiger charge is 2.53. The summed E-state index contributed by atoms with van der Waals surface area (Å²) < 4.78 is 82.6. The number of nitrogens with two attached hydrogens (primary N) is 1. The van der Waals surface area contributed by atoms with Crippen LogP contribution in [0.1, 0.15) is 64.0 Å². The molecule has 0 bridgehead atoms. The van der Waals surface area contributed by atoms with Crippen LogP contribution in [0.5, 0.6) is 5.75 Å². The first-order valence-electron chi connectivity index (χ1n) is 14.1. The molecule has 2 aliphatic heterocycles. The van der Waals surface area contributed by atoms with Crippen LogP contribution in [0.2, 0.25) is 0 Å². The molecule has 5 atom stereocenters. The van der Waals surface area contributed by atoms with E-state index in [1.54, 1.807) is 25.3 Å². The maximum absolute atomic E-state index is 13.5. The average Bonchev–Trinajstić information content (AvgIpc) is 3.74. The second-order valence-electron chi connectivity index (χ2n) is 11.0. The van der Waals surface area contributed by atoms with Crippen molar-refractivity contribution < 1.29 is 55.3 Å². The minimum Gasteiger partial charge on any atom is -0.480 e. The molecule has 1 aromatic rings. The fourth-order valence-electron chi connectivity index (χ4n) is 5.59. The molecule has 4 N–H and O–H groups in total. The number of rotatable bonds is 9. The first-order valence-corrected chi connectivity index (χ1v) is 14.1. The number of amides is 2. The van der Waals surface area contributed by atoms with Crippen molar-refractivity contribution >= 4 is 23.7 Å². The zero-order valence-corrected chi connectivity index (χ0v) is 24.4. The zero-order chi connectivity index (χ0) is 33.0. The lowest BCUT2D eigenvalue weighted by atomic mass is 9.87. The van der Waals surface area contributed by atoms with Gasteiger partial charge in [0.1, 0.15) is 5.75 Å². The summed E-state index contributed by atoms with van der Waals surface area (Å²) >= 11 is 0. The van der Waals surface area contributed by atoms with Crippen LogP contribution >= 0.6 is 0 Å². The van der Waals surface area contributed by atoms with Crippen molar-refractivity contribution in [3.8, 4) is 5.75 Å². The number of aliphatic imine (C=N–C) groups is 1. The van der Waals surface area contributed by atoms with Gasteiger partial charge < -0.3 is 25.6 Å². The Kier molecular flexibility index (Phi) is 10.8. The summed E-state index contributed by atoms with van der Waals surface area (Å²) in [5, 5.41) is 9.95. The Labute approximate surface area is 249 Å². The molecule has 0 saturated heterocycles. The summed E-state index contributed by atoms with van der Waals surface area (Å²) in [4.78, 5) is 41.6. The van der Waals surface area contributed by atoms with Crippen LogP contribution in [-0.4, -0.2) is 77.5 Å². The van der Waals surface area contributed by atoms with E-state index in [1.165, 1.54) is 11.0 Å². The van der Waals surface area contributed by atoms with Crippen LogP contribution in [0, 0.1) is 11.8 Å². The van der Waals surface area contributed by atoms with E-state index < -0.39 is 48.3 Å². The van der Waals surface area contributed by atoms with E-state index >= 15 is 0 Å². The molecule has 1 fully saturated rings. The monoisotopic (exact) mass is 638 g/mol. The number of guanidine groups is 1. The lowest BCUT2D eigenvalue weighted by Crippen LogP contribution is -2.56. The Bertz CT molecular complexity index is 1240. The Balaban J connectivity index is 0.000000676. The number of nitrogens with zero attached hydrogens (tertiary/aromatic N) is 2. The largest absolute Gasteiger partial charge is 0.490 e. The van der Waals surface area contributed by atoms with Crippen LogP contribution in [-0.2, 0) is 19.1 Å². The van der Waals surface area contributed by atoms with Crippen LogP contribution in [0.3, 0.4) is 0 Å². The van der Waals surface area contributed by atoms with E-state index in [0.717, 1.165) is 0 Å². The fourth-order valence-corrected chi connectivity index (χ4v) is 5.59. The van der Waals surface area contributed by atoms with Crippen LogP contribution in [0.15, 0.2) is 29.3 Å². The van der Waals surface area contributed by atoms with Gasteiger partial charge >= 0.3 is 18.3 Å². The number of ether oxygens (including phenoxy) is 2. The van der Waals surface area contributed by atoms with Crippen molar-refractivity contribution in [3.05, 3.63) is 29.8 Å². The van der Waals surface area contributed by atoms with Gasteiger partial charge in [-0.15, -0.1) is 0 Å². The molecule has 2 amide bonds. The predicted molar refractivity (Wildman–Crippen MR) is 144 cm³/mol. The lowest BCUT2D eigenvalue weighted by Gasteiger charge is -2.40. The number of carboxylic acids is 1. The quantitative estimate of drug-likeness (QED) is 0.342. The maximum Gasteiger partial charge on any atom is 0.490 e. The molecule has 2 heterocycles. The van der Waals surface area contributed by atoms with Gasteiger partial charge in [0.15, 0.2) is 12.1 Å². The minimum absolute atomic E-state index is 0.116. The number of benzene rings is 1. The van der Waals surface area contributed by atoms with Gasteiger partial charge in [0.05, 0.1) is 18.0 Å². The Hall–Kier alpha value is -3.56. The Morgan fingerprint density at radius 3 is 2.32 bits per heavy atom. The van der Waals surface area contributed by atoms with Gasteiger partial charge in [0.25, 0.3) is 0 Å². The minimum atomic E-state index is -5.08. The molecule has 44 heavy (non-hydrogen) atoms. The van der Waals surface area contributed by atoms with Crippen LogP contribution in [0.4, 0.5) is 26.3 Å². The third-order valence-electron chi connectivity index (χ3n) is 8.22. The first-order chi connectivity index (χ1) is 20.5. The van der Waals surface area contributed by atoms with E-state index in [4.69, 9.17) is 25.1 Å². The van der Waals surface area contributed by atoms with Gasteiger partial charge in [0, 0.05) is 37.7 Å². The van der Waals surface area contributed by atoms with E-state index in [2.05, 4.69) is 10.3 Å². The zero-order valence-electron chi connectivity index (χ0n) is 24.4. The van der Waals surface area contributed by atoms with Crippen LogP contribution in [0.25, 0.3) is 0 Å². The highest BCUT2D eigenvalue weighted by Crippen LogP contribution is 2.47. The van der Waals surface area contributed by atoms with E-state index in [0.29, 0.717) is 37.9 Å². The molecule has 0 aromatic heterocycles. The molecule has 1 unspecified atom stereocenters. The Morgan fingerprint density at radius 2 is 1.80 bits per heavy atom. The van der Waals surface area contributed by atoms with Gasteiger partial charge in [-0.25, -0.2) is 9.79 Å². The molecule has 1 aliphatic carbocycles. The molecule has 1 saturated carbocycles. The van der Waals surface area contributed by atoms with Gasteiger partial charge in [-0.2, -0.15) is 26.3 Å². The highest BCUT2D eigenvalue weighted by atomic mass is 19.4. The number of aliphatic carboxylic acids is 1. The fraction of sp³-hybridized carbons (Fsp3) is 0.643. The normalized spacial score (nSPS) is 25.0. The number of methoxy groups -OCH3 is 1. The third kappa shape index (κ3) is 8.12. The number of para-hydroxylation sites is 1. The van der Waals surface area contributed by atoms with E-state index in [1.807, 2.05) is 13.8 Å². The molecule has 10 nitrogen and oxygen atoms in total. The molecule has 3 aliphatic rings. The summed E-state index contributed by atoms with van der Waals surface area (Å²) in [5.74, 6) is -3.61. The number of halogens is 6. The highest BCUT2D eigenvalue weighted by molar-refractivity contribution is 5.99. The van der Waals surface area contributed by atoms with Crippen molar-refractivity contribution in [3.63, 3.8) is 0 Å². The molecule has 1 aromatic carbocycles. The van der Waals surface area contributed by atoms with Crippen LogP contribution < -0.4 is 15.8 Å². The van der Waals surface area contributed by atoms with Gasteiger partial charge in [-0.3, -0.25) is 14.5 Å². The molecular weight excluding hydrogens is 602 g/mol. The van der Waals surface area contributed by atoms with Crippen molar-refractivity contribution in [1.29, 1.82) is 0 Å². The molecule has 0 spiro atoms. The molecule has 16 heteroatoms. The number of carbonyl (C=O) groups is 3. The number of carboxylic acid groups (broad SMARTS) is 1. The SMILES string of the molecule is CCC1(CC)CC(=O)N(C(CCOC)[C@@H]2C[C@H]2C(=O)N[C@H]2C[C@H](C(F)(F)F)Oc3ccccc32)C(N)=N1.O=C(O)C(F)(F)F. The van der Waals surface area contributed by atoms with E-state index in [9.17, 15) is 35.9 Å². The molecule has 246 valence electrons. The molecule has 4 rings (SSSR count). The summed E-state index contributed by atoms with van der Waals surface area (Å²) in [5.41, 5.74) is 6.31. The van der Waals surface area contributed by atoms with Gasteiger partial charge in [-0.05, 0) is 37.7 Å². The topological polar surface area (TPSA) is 144 Å². The molecule has 0 radical (unpaired) electrons. The summed E-state index contributed by atoms with van der Waals surface area (Å²) in [6, 6.07) is 5.22. The van der Waals surface area contributed by atoms with E-state index in [-0.39, 0.29) is 41.9 Å². The lowest BCUT2D eigenvalue weighted by molar-refractivity contribution is -0.201. The number of hydrogen-bond acceptors (Lipinski definition) is 7. The second kappa shape index (κ2) is 13.6. The smallest absolute Gasteiger partial charge is 0.480 e. The van der Waals surface area contributed by atoms with Crippen molar-refractivity contribution in [1.82, 2.24) is 10.2 Å². The van der Waals surface area contributed by atoms with Gasteiger partial charge in [0.2, 0.25) is 11.8 Å². The number of fused-ring (bicyclic) bond motifs is 1. The summed E-state index contributed by atoms with van der Waals surface area (Å²) in [7, 11) is 1.56. The average molecular weight is 639 g/mol. The standard InChI is InChI=1S/C26H35F3N4O4.C2HF3O2/c1-4-25(5-2)14-22(34)33(24(30)32-25)19(10-11-36-3)16-12-17(16)23(35)31-18-13-21(26(27,28)29)37-20-9-7-6-8-15(18)20;3-2(4,5)1(6)7/h6-9,16-19,21H,4-5,10-14H2,1-3H3,(H2,30,32)(H,31,35);(H,6,7)/t16-,17-,18+,19?,21-;/m1./s1. The van der Waals surface area contributed by atoms with Crippen molar-refractivity contribution in [2.45, 2.75) is 88.5 Å².